The second-order valence-electron chi connectivity index (χ2n) is 7.65. The lowest BCUT2D eigenvalue weighted by Crippen LogP contribution is -2.41. The summed E-state index contributed by atoms with van der Waals surface area (Å²) in [6.07, 6.45) is 5.00. The van der Waals surface area contributed by atoms with E-state index in [1.165, 1.54) is 0 Å². The summed E-state index contributed by atoms with van der Waals surface area (Å²) in [5.74, 6) is 1.44. The highest BCUT2D eigenvalue weighted by atomic mass is 16.2. The number of nitrogens with zero attached hydrogens (tertiary/aromatic N) is 4. The van der Waals surface area contributed by atoms with Crippen molar-refractivity contribution >= 4 is 11.8 Å². The van der Waals surface area contributed by atoms with Crippen molar-refractivity contribution in [3.8, 4) is 0 Å². The number of hydrogen-bond acceptors (Lipinski definition) is 3. The Hall–Kier alpha value is -1.85. The van der Waals surface area contributed by atoms with Crippen LogP contribution in [0.2, 0.25) is 0 Å². The third-order valence-corrected chi connectivity index (χ3v) is 5.53. The molecule has 1 saturated carbocycles. The van der Waals surface area contributed by atoms with Gasteiger partial charge in [-0.15, -0.1) is 0 Å². The molecule has 0 saturated heterocycles. The highest BCUT2D eigenvalue weighted by Crippen LogP contribution is 2.37. The van der Waals surface area contributed by atoms with E-state index in [9.17, 15) is 9.59 Å². The minimum atomic E-state index is 0.00794. The van der Waals surface area contributed by atoms with Crippen molar-refractivity contribution in [1.82, 2.24) is 19.6 Å². The number of likely N-dealkylation sites (N-methyl/N-ethyl adjacent to an activating group) is 2. The molecule has 2 amide bonds. The van der Waals surface area contributed by atoms with E-state index < -0.39 is 0 Å². The van der Waals surface area contributed by atoms with Crippen LogP contribution in [-0.4, -0.2) is 58.6 Å². The minimum Gasteiger partial charge on any atom is -0.344 e. The van der Waals surface area contributed by atoms with Crippen molar-refractivity contribution in [2.75, 3.05) is 27.2 Å². The monoisotopic (exact) mass is 348 g/mol. The van der Waals surface area contributed by atoms with Crippen LogP contribution in [0, 0.1) is 24.7 Å². The van der Waals surface area contributed by atoms with Crippen molar-refractivity contribution in [2.24, 2.45) is 17.8 Å². The Bertz CT molecular complexity index is 596. The smallest absolute Gasteiger partial charge is 0.244 e. The summed E-state index contributed by atoms with van der Waals surface area (Å²) in [5.41, 5.74) is 0.968. The number of rotatable bonds is 7. The average Bonchev–Trinajstić information content (AvgIpc) is 3.21. The molecule has 1 aromatic rings. The van der Waals surface area contributed by atoms with Gasteiger partial charge in [0.15, 0.2) is 0 Å². The molecule has 1 aliphatic rings. The number of carbonyl (C=O) groups excluding carboxylic acids is 2. The number of carbonyl (C=O) groups is 2. The summed E-state index contributed by atoms with van der Waals surface area (Å²) < 4.78 is 1.69. The molecule has 6 nitrogen and oxygen atoms in total. The lowest BCUT2D eigenvalue weighted by atomic mass is 9.85. The zero-order valence-electron chi connectivity index (χ0n) is 16.2. The van der Waals surface area contributed by atoms with Gasteiger partial charge in [-0.25, -0.2) is 0 Å². The summed E-state index contributed by atoms with van der Waals surface area (Å²) in [6.45, 7) is 7.70. The van der Waals surface area contributed by atoms with E-state index in [2.05, 4.69) is 18.9 Å². The summed E-state index contributed by atoms with van der Waals surface area (Å²) in [4.78, 5) is 28.5. The molecule has 0 aliphatic heterocycles. The van der Waals surface area contributed by atoms with Gasteiger partial charge in [-0.3, -0.25) is 14.3 Å². The fourth-order valence-corrected chi connectivity index (χ4v) is 3.72. The molecule has 0 N–H and O–H groups in total. The van der Waals surface area contributed by atoms with Gasteiger partial charge >= 0.3 is 0 Å². The quantitative estimate of drug-likeness (QED) is 0.759. The van der Waals surface area contributed by atoms with Gasteiger partial charge in [-0.1, -0.05) is 20.3 Å². The predicted molar refractivity (Wildman–Crippen MR) is 97.9 cm³/mol. The summed E-state index contributed by atoms with van der Waals surface area (Å²) in [6, 6.07) is 1.88. The maximum atomic E-state index is 12.8. The van der Waals surface area contributed by atoms with Crippen molar-refractivity contribution in [2.45, 2.75) is 46.6 Å². The summed E-state index contributed by atoms with van der Waals surface area (Å²) in [5, 5.41) is 4.14. The summed E-state index contributed by atoms with van der Waals surface area (Å²) in [7, 11) is 3.64. The molecule has 0 spiro atoms. The van der Waals surface area contributed by atoms with Crippen LogP contribution in [0.4, 0.5) is 0 Å². The molecule has 1 aromatic heterocycles. The van der Waals surface area contributed by atoms with E-state index >= 15 is 0 Å². The van der Waals surface area contributed by atoms with Crippen molar-refractivity contribution in [1.29, 1.82) is 0 Å². The Kier molecular flexibility index (Phi) is 6.62. The van der Waals surface area contributed by atoms with Crippen LogP contribution in [-0.2, 0) is 16.1 Å². The third kappa shape index (κ3) is 4.83. The molecule has 25 heavy (non-hydrogen) atoms. The molecule has 2 rings (SSSR count). The molecule has 0 bridgehead atoms. The largest absolute Gasteiger partial charge is 0.344 e. The molecular weight excluding hydrogens is 316 g/mol. The van der Waals surface area contributed by atoms with E-state index in [-0.39, 0.29) is 24.3 Å². The topological polar surface area (TPSA) is 58.4 Å². The SMILES string of the molecule is Cc1ccnn1CC(=O)N(C)CCN(C)C(=O)[C@@H]1CCC[C@H]1C(C)C. The first-order chi connectivity index (χ1) is 11.8. The molecule has 0 aromatic carbocycles. The minimum absolute atomic E-state index is 0.00794. The van der Waals surface area contributed by atoms with Crippen molar-refractivity contribution in [3.63, 3.8) is 0 Å². The highest BCUT2D eigenvalue weighted by molar-refractivity contribution is 5.79. The fraction of sp³-hybridized carbons (Fsp3) is 0.737. The second kappa shape index (κ2) is 8.50. The maximum absolute atomic E-state index is 12.8. The number of aryl methyl sites for hydroxylation is 1. The van der Waals surface area contributed by atoms with Crippen LogP contribution in [0.3, 0.4) is 0 Å². The van der Waals surface area contributed by atoms with Gasteiger partial charge in [-0.2, -0.15) is 5.10 Å². The molecule has 1 heterocycles. The molecule has 0 unspecified atom stereocenters. The second-order valence-corrected chi connectivity index (χ2v) is 7.65. The van der Waals surface area contributed by atoms with Gasteiger partial charge in [0, 0.05) is 45.0 Å². The zero-order valence-corrected chi connectivity index (χ0v) is 16.2. The predicted octanol–water partition coefficient (Wildman–Crippen LogP) is 2.18. The first kappa shape index (κ1) is 19.5. The van der Waals surface area contributed by atoms with Crippen LogP contribution in [0.5, 0.6) is 0 Å². The van der Waals surface area contributed by atoms with Crippen LogP contribution >= 0.6 is 0 Å². The summed E-state index contributed by atoms with van der Waals surface area (Å²) >= 11 is 0. The first-order valence-corrected chi connectivity index (χ1v) is 9.28. The number of amides is 2. The lowest BCUT2D eigenvalue weighted by Gasteiger charge is -2.28. The van der Waals surface area contributed by atoms with Gasteiger partial charge < -0.3 is 9.80 Å². The Morgan fingerprint density at radius 3 is 2.52 bits per heavy atom. The van der Waals surface area contributed by atoms with E-state index in [0.717, 1.165) is 25.0 Å². The Morgan fingerprint density at radius 1 is 1.24 bits per heavy atom. The normalized spacial score (nSPS) is 20.1. The Balaban J connectivity index is 1.82. The molecule has 1 fully saturated rings. The third-order valence-electron chi connectivity index (χ3n) is 5.53. The fourth-order valence-electron chi connectivity index (χ4n) is 3.72. The molecule has 1 aliphatic carbocycles. The number of aromatic nitrogens is 2. The Labute approximate surface area is 151 Å². The number of hydrogen-bond donors (Lipinski definition) is 0. The average molecular weight is 348 g/mol. The molecular formula is C19H32N4O2. The van der Waals surface area contributed by atoms with E-state index in [4.69, 9.17) is 0 Å². The zero-order chi connectivity index (χ0) is 18.6. The van der Waals surface area contributed by atoms with Gasteiger partial charge in [0.1, 0.15) is 6.54 Å². The van der Waals surface area contributed by atoms with E-state index in [1.54, 1.807) is 27.7 Å². The molecule has 2 atom stereocenters. The van der Waals surface area contributed by atoms with Gasteiger partial charge in [-0.05, 0) is 37.7 Å². The molecule has 140 valence electrons. The first-order valence-electron chi connectivity index (χ1n) is 9.28. The molecule has 6 heteroatoms. The highest BCUT2D eigenvalue weighted by Gasteiger charge is 2.36. The van der Waals surface area contributed by atoms with Crippen LogP contribution < -0.4 is 0 Å². The van der Waals surface area contributed by atoms with E-state index in [1.807, 2.05) is 20.0 Å². The standard InChI is InChI=1S/C19H32N4O2/c1-14(2)16-7-6-8-17(16)19(25)22(5)12-11-21(4)18(24)13-23-15(3)9-10-20-23/h9-10,14,16-17H,6-8,11-13H2,1-5H3/t16-,17+/m0/s1. The lowest BCUT2D eigenvalue weighted by molar-refractivity contribution is -0.137. The van der Waals surface area contributed by atoms with Gasteiger partial charge in [0.05, 0.1) is 0 Å². The van der Waals surface area contributed by atoms with E-state index in [0.29, 0.717) is 24.9 Å². The van der Waals surface area contributed by atoms with Crippen LogP contribution in [0.15, 0.2) is 12.3 Å². The maximum Gasteiger partial charge on any atom is 0.244 e. The van der Waals surface area contributed by atoms with Gasteiger partial charge in [0.2, 0.25) is 11.8 Å². The van der Waals surface area contributed by atoms with Crippen LogP contribution in [0.25, 0.3) is 0 Å². The van der Waals surface area contributed by atoms with Crippen molar-refractivity contribution < 1.29 is 9.59 Å². The van der Waals surface area contributed by atoms with Crippen LogP contribution in [0.1, 0.15) is 38.8 Å². The van der Waals surface area contributed by atoms with Gasteiger partial charge in [0.25, 0.3) is 0 Å². The Morgan fingerprint density at radius 2 is 1.92 bits per heavy atom. The van der Waals surface area contributed by atoms with Crippen molar-refractivity contribution in [3.05, 3.63) is 18.0 Å². The molecule has 0 radical (unpaired) electrons.